The molecule has 0 aromatic heterocycles. The van der Waals surface area contributed by atoms with Gasteiger partial charge in [-0.25, -0.2) is 0 Å². The smallest absolute Gasteiger partial charge is 0.299 e. The molecule has 4 rings (SSSR count). The number of allylic oxidation sites excluding steroid dienone is 4. The highest BCUT2D eigenvalue weighted by Gasteiger charge is 2.64. The fraction of sp³-hybridized carbons (Fsp3) is 0.800. The highest BCUT2D eigenvalue weighted by Crippen LogP contribution is 2.66. The Bertz CT molecular complexity index is 809. The molecule has 4 aliphatic rings. The normalized spacial score (nSPS) is 40.4. The SMILES string of the molecule is CC(C(=O)[C@H]1CC[C@H]2[C@@H]3CC=C4C=CCC[C@]4(C)[C@H]3CC[C@]12C)C(C(F)(F)F)C(F)(F)F. The molecule has 180 valence electrons. The minimum absolute atomic E-state index is 0.0754. The van der Waals surface area contributed by atoms with E-state index in [4.69, 9.17) is 0 Å². The Kier molecular flexibility index (Phi) is 5.69. The zero-order valence-electron chi connectivity index (χ0n) is 18.8. The minimum atomic E-state index is -5.49. The lowest BCUT2D eigenvalue weighted by Gasteiger charge is -2.57. The number of carbonyl (C=O) groups is 1. The van der Waals surface area contributed by atoms with Gasteiger partial charge >= 0.3 is 12.4 Å². The average molecular weight is 463 g/mol. The number of rotatable bonds is 3. The number of carbonyl (C=O) groups excluding carboxylic acids is 1. The van der Waals surface area contributed by atoms with Crippen molar-refractivity contribution >= 4 is 5.78 Å². The first kappa shape index (κ1) is 23.9. The van der Waals surface area contributed by atoms with E-state index in [0.29, 0.717) is 31.1 Å². The third-order valence-corrected chi connectivity index (χ3v) is 9.65. The van der Waals surface area contributed by atoms with Crippen LogP contribution in [0.4, 0.5) is 26.3 Å². The summed E-state index contributed by atoms with van der Waals surface area (Å²) in [5.41, 5.74) is 0.915. The second-order valence-corrected chi connectivity index (χ2v) is 11.1. The summed E-state index contributed by atoms with van der Waals surface area (Å²) in [6.45, 7) is 5.08. The number of hydrogen-bond donors (Lipinski definition) is 0. The van der Waals surface area contributed by atoms with Crippen molar-refractivity contribution in [2.24, 2.45) is 46.3 Å². The first-order valence-electron chi connectivity index (χ1n) is 11.8. The van der Waals surface area contributed by atoms with Crippen LogP contribution in [0.5, 0.6) is 0 Å². The fourth-order valence-corrected chi connectivity index (χ4v) is 8.00. The summed E-state index contributed by atoms with van der Waals surface area (Å²) in [6.07, 6.45) is 1.35. The van der Waals surface area contributed by atoms with E-state index >= 15 is 0 Å². The lowest BCUT2D eigenvalue weighted by Crippen LogP contribution is -2.51. The van der Waals surface area contributed by atoms with Gasteiger partial charge < -0.3 is 0 Å². The van der Waals surface area contributed by atoms with E-state index in [1.807, 2.05) is 6.92 Å². The third-order valence-electron chi connectivity index (χ3n) is 9.65. The molecule has 0 bridgehead atoms. The molecule has 0 amide bonds. The average Bonchev–Trinajstić information content (AvgIpc) is 3.01. The molecule has 4 aliphatic carbocycles. The van der Waals surface area contributed by atoms with E-state index in [1.54, 1.807) is 0 Å². The van der Waals surface area contributed by atoms with Gasteiger partial charge in [-0.2, -0.15) is 26.3 Å². The molecule has 0 saturated heterocycles. The molecular weight excluding hydrogens is 430 g/mol. The van der Waals surface area contributed by atoms with Gasteiger partial charge in [-0.15, -0.1) is 0 Å². The Labute approximate surface area is 185 Å². The Balaban J connectivity index is 1.60. The first-order chi connectivity index (χ1) is 14.7. The number of hydrogen-bond acceptors (Lipinski definition) is 1. The van der Waals surface area contributed by atoms with Crippen molar-refractivity contribution in [2.45, 2.75) is 78.1 Å². The second-order valence-electron chi connectivity index (χ2n) is 11.1. The van der Waals surface area contributed by atoms with Crippen LogP contribution in [-0.4, -0.2) is 18.1 Å². The molecule has 0 aromatic carbocycles. The fourth-order valence-electron chi connectivity index (χ4n) is 8.00. The maximum atomic E-state index is 13.3. The maximum Gasteiger partial charge on any atom is 0.401 e. The summed E-state index contributed by atoms with van der Waals surface area (Å²) in [5.74, 6) is -6.36. The van der Waals surface area contributed by atoms with Crippen molar-refractivity contribution in [3.8, 4) is 0 Å². The van der Waals surface area contributed by atoms with Gasteiger partial charge in [0.1, 0.15) is 5.78 Å². The molecule has 0 radical (unpaired) electrons. The summed E-state index contributed by atoms with van der Waals surface area (Å²) >= 11 is 0. The van der Waals surface area contributed by atoms with Gasteiger partial charge in [0, 0.05) is 11.8 Å². The van der Waals surface area contributed by atoms with E-state index in [-0.39, 0.29) is 11.3 Å². The largest absolute Gasteiger partial charge is 0.401 e. The topological polar surface area (TPSA) is 17.1 Å². The maximum absolute atomic E-state index is 13.3. The van der Waals surface area contributed by atoms with Crippen molar-refractivity contribution in [1.29, 1.82) is 0 Å². The predicted molar refractivity (Wildman–Crippen MR) is 109 cm³/mol. The van der Waals surface area contributed by atoms with Gasteiger partial charge in [-0.3, -0.25) is 4.79 Å². The molecule has 0 N–H and O–H groups in total. The molecule has 1 nitrogen and oxygen atoms in total. The third kappa shape index (κ3) is 3.56. The van der Waals surface area contributed by atoms with Crippen LogP contribution in [-0.2, 0) is 4.79 Å². The molecule has 32 heavy (non-hydrogen) atoms. The van der Waals surface area contributed by atoms with E-state index < -0.39 is 41.3 Å². The highest BCUT2D eigenvalue weighted by molar-refractivity contribution is 5.84. The number of alkyl halides is 6. The Morgan fingerprint density at radius 3 is 2.28 bits per heavy atom. The summed E-state index contributed by atoms with van der Waals surface area (Å²) in [5, 5.41) is 0. The van der Waals surface area contributed by atoms with Crippen molar-refractivity contribution in [3.05, 3.63) is 23.8 Å². The molecule has 7 atom stereocenters. The Hall–Kier alpha value is -1.27. The van der Waals surface area contributed by atoms with Gasteiger partial charge in [-0.05, 0) is 79.1 Å². The monoisotopic (exact) mass is 462 g/mol. The predicted octanol–water partition coefficient (Wildman–Crippen LogP) is 7.68. The van der Waals surface area contributed by atoms with Crippen LogP contribution >= 0.6 is 0 Å². The molecule has 0 aromatic rings. The Morgan fingerprint density at radius 1 is 1.00 bits per heavy atom. The lowest BCUT2D eigenvalue weighted by atomic mass is 9.48. The van der Waals surface area contributed by atoms with Gasteiger partial charge in [-0.1, -0.05) is 39.0 Å². The van der Waals surface area contributed by atoms with Crippen molar-refractivity contribution in [1.82, 2.24) is 0 Å². The first-order valence-corrected chi connectivity index (χ1v) is 11.8. The zero-order chi connectivity index (χ0) is 23.7. The molecule has 1 unspecified atom stereocenters. The van der Waals surface area contributed by atoms with E-state index in [1.165, 1.54) is 5.57 Å². The second kappa shape index (κ2) is 7.63. The van der Waals surface area contributed by atoms with E-state index in [9.17, 15) is 31.1 Å². The molecule has 2 fully saturated rings. The quantitative estimate of drug-likeness (QED) is 0.393. The summed E-state index contributed by atoms with van der Waals surface area (Å²) in [6, 6.07) is 0. The van der Waals surface area contributed by atoms with Crippen LogP contribution in [0.3, 0.4) is 0 Å². The summed E-state index contributed by atoms with van der Waals surface area (Å²) in [4.78, 5) is 13.2. The van der Waals surface area contributed by atoms with Gasteiger partial charge in [0.25, 0.3) is 0 Å². The summed E-state index contributed by atoms with van der Waals surface area (Å²) < 4.78 is 79.7. The van der Waals surface area contributed by atoms with Crippen molar-refractivity contribution in [2.75, 3.05) is 0 Å². The number of ketones is 1. The van der Waals surface area contributed by atoms with Gasteiger partial charge in [0.15, 0.2) is 5.92 Å². The molecule has 7 heteroatoms. The highest BCUT2D eigenvalue weighted by atomic mass is 19.4. The van der Waals surface area contributed by atoms with Crippen molar-refractivity contribution in [3.63, 3.8) is 0 Å². The van der Waals surface area contributed by atoms with Crippen LogP contribution < -0.4 is 0 Å². The lowest BCUT2D eigenvalue weighted by molar-refractivity contribution is -0.295. The van der Waals surface area contributed by atoms with Crippen LogP contribution in [0.2, 0.25) is 0 Å². The zero-order valence-corrected chi connectivity index (χ0v) is 18.8. The Morgan fingerprint density at radius 2 is 1.66 bits per heavy atom. The van der Waals surface area contributed by atoms with Crippen LogP contribution in [0.1, 0.15) is 65.7 Å². The van der Waals surface area contributed by atoms with E-state index in [0.717, 1.165) is 32.6 Å². The van der Waals surface area contributed by atoms with Gasteiger partial charge in [0.2, 0.25) is 0 Å². The number of halogens is 6. The van der Waals surface area contributed by atoms with Crippen LogP contribution in [0.25, 0.3) is 0 Å². The standard InChI is InChI=1S/C25H32F6O/c1-14(21(24(26,27)28)25(29,30)31)20(32)19-10-9-17-16-8-7-15-6-4-5-12-22(15,2)18(16)11-13-23(17,19)3/h4,6-7,14,16-19,21H,5,8-13H2,1-3H3/t14?,16-,17-,18-,19+,22-,23-/m0/s1. The van der Waals surface area contributed by atoms with Gasteiger partial charge in [0.05, 0.1) is 0 Å². The molecule has 0 spiro atoms. The van der Waals surface area contributed by atoms with E-state index in [2.05, 4.69) is 25.2 Å². The molecule has 2 saturated carbocycles. The number of fused-ring (bicyclic) bond motifs is 5. The molecule has 0 aliphatic heterocycles. The summed E-state index contributed by atoms with van der Waals surface area (Å²) in [7, 11) is 0. The molecular formula is C25H32F6O. The van der Waals surface area contributed by atoms with Crippen LogP contribution in [0, 0.1) is 46.3 Å². The van der Waals surface area contributed by atoms with Crippen molar-refractivity contribution < 1.29 is 31.1 Å². The minimum Gasteiger partial charge on any atom is -0.299 e. The number of Topliss-reactive ketones (excluding diaryl/α,β-unsaturated/α-hetero) is 1. The molecule has 0 heterocycles. The van der Waals surface area contributed by atoms with Crippen LogP contribution in [0.15, 0.2) is 23.8 Å².